The lowest BCUT2D eigenvalue weighted by Crippen LogP contribution is -2.38. The van der Waals surface area contributed by atoms with Crippen LogP contribution in [0.2, 0.25) is 0 Å². The maximum absolute atomic E-state index is 12.1. The van der Waals surface area contributed by atoms with Crippen LogP contribution in [0.5, 0.6) is 0 Å². The normalized spacial score (nSPS) is 14.8. The predicted molar refractivity (Wildman–Crippen MR) is 68.9 cm³/mol. The van der Waals surface area contributed by atoms with Gasteiger partial charge in [-0.2, -0.15) is 5.10 Å². The Morgan fingerprint density at radius 1 is 1.24 bits per heavy atom. The third kappa shape index (κ3) is 3.08. The van der Waals surface area contributed by atoms with Crippen LogP contribution in [0.3, 0.4) is 0 Å². The standard InChI is InChI=1S/C13H23N3O/c1-7(2)9(4)14-13(17)8(3)12-10(5)15-16-11(12)6/h7-9H,1-6H3,(H,14,17)(H,15,16)/t8-,9+/m0/s1. The van der Waals surface area contributed by atoms with Crippen LogP contribution >= 0.6 is 0 Å². The van der Waals surface area contributed by atoms with Crippen molar-refractivity contribution >= 4 is 5.91 Å². The molecule has 96 valence electrons. The summed E-state index contributed by atoms with van der Waals surface area (Å²) >= 11 is 0. The Kier molecular flexibility index (Phi) is 4.32. The molecule has 0 bridgehead atoms. The van der Waals surface area contributed by atoms with Gasteiger partial charge in [0.2, 0.25) is 5.91 Å². The summed E-state index contributed by atoms with van der Waals surface area (Å²) in [6.07, 6.45) is 0. The van der Waals surface area contributed by atoms with Crippen molar-refractivity contribution in [2.24, 2.45) is 5.92 Å². The van der Waals surface area contributed by atoms with Gasteiger partial charge in [-0.25, -0.2) is 0 Å². The molecule has 4 nitrogen and oxygen atoms in total. The van der Waals surface area contributed by atoms with Crippen LogP contribution in [0.1, 0.15) is 50.6 Å². The van der Waals surface area contributed by atoms with Crippen LogP contribution in [-0.2, 0) is 4.79 Å². The first kappa shape index (κ1) is 13.7. The van der Waals surface area contributed by atoms with Crippen molar-refractivity contribution in [1.29, 1.82) is 0 Å². The summed E-state index contributed by atoms with van der Waals surface area (Å²) in [5.41, 5.74) is 2.89. The number of H-pyrrole nitrogens is 1. The molecule has 0 saturated carbocycles. The molecular weight excluding hydrogens is 214 g/mol. The maximum Gasteiger partial charge on any atom is 0.227 e. The molecule has 2 atom stereocenters. The van der Waals surface area contributed by atoms with Gasteiger partial charge in [0.15, 0.2) is 0 Å². The van der Waals surface area contributed by atoms with Crippen molar-refractivity contribution in [2.75, 3.05) is 0 Å². The van der Waals surface area contributed by atoms with Crippen molar-refractivity contribution in [2.45, 2.75) is 53.5 Å². The van der Waals surface area contributed by atoms with Gasteiger partial charge in [0.05, 0.1) is 11.6 Å². The van der Waals surface area contributed by atoms with E-state index in [-0.39, 0.29) is 17.9 Å². The van der Waals surface area contributed by atoms with Crippen LogP contribution in [0.25, 0.3) is 0 Å². The number of hydrogen-bond donors (Lipinski definition) is 2. The summed E-state index contributed by atoms with van der Waals surface area (Å²) in [6, 6.07) is 0.192. The zero-order chi connectivity index (χ0) is 13.2. The van der Waals surface area contributed by atoms with E-state index in [9.17, 15) is 4.79 Å². The Balaban J connectivity index is 2.77. The molecule has 0 radical (unpaired) electrons. The summed E-state index contributed by atoms with van der Waals surface area (Å²) in [5.74, 6) is 0.353. The first-order valence-corrected chi connectivity index (χ1v) is 6.16. The molecule has 0 saturated heterocycles. The number of aromatic amines is 1. The lowest BCUT2D eigenvalue weighted by Gasteiger charge is -2.20. The number of carbonyl (C=O) groups excluding carboxylic acids is 1. The molecule has 0 spiro atoms. The Labute approximate surface area is 103 Å². The lowest BCUT2D eigenvalue weighted by atomic mass is 9.97. The summed E-state index contributed by atoms with van der Waals surface area (Å²) < 4.78 is 0. The van der Waals surface area contributed by atoms with E-state index in [0.717, 1.165) is 17.0 Å². The van der Waals surface area contributed by atoms with Gasteiger partial charge in [0.25, 0.3) is 0 Å². The highest BCUT2D eigenvalue weighted by atomic mass is 16.1. The molecule has 0 unspecified atom stereocenters. The Bertz CT molecular complexity index is 376. The van der Waals surface area contributed by atoms with E-state index in [4.69, 9.17) is 0 Å². The summed E-state index contributed by atoms with van der Waals surface area (Å²) in [4.78, 5) is 12.1. The quantitative estimate of drug-likeness (QED) is 0.844. The van der Waals surface area contributed by atoms with Crippen molar-refractivity contribution in [3.05, 3.63) is 17.0 Å². The first-order valence-electron chi connectivity index (χ1n) is 6.16. The smallest absolute Gasteiger partial charge is 0.227 e. The first-order chi connectivity index (χ1) is 7.84. The van der Waals surface area contributed by atoms with E-state index < -0.39 is 0 Å². The molecule has 1 amide bonds. The number of amides is 1. The second kappa shape index (κ2) is 5.34. The van der Waals surface area contributed by atoms with Gasteiger partial charge in [-0.1, -0.05) is 13.8 Å². The fourth-order valence-electron chi connectivity index (χ4n) is 1.84. The third-order valence-electron chi connectivity index (χ3n) is 3.38. The summed E-state index contributed by atoms with van der Waals surface area (Å²) in [5, 5.41) is 10.1. The molecule has 0 aliphatic rings. The van der Waals surface area contributed by atoms with Crippen LogP contribution in [-0.4, -0.2) is 22.1 Å². The highest BCUT2D eigenvalue weighted by Crippen LogP contribution is 2.21. The lowest BCUT2D eigenvalue weighted by molar-refractivity contribution is -0.123. The van der Waals surface area contributed by atoms with E-state index in [1.165, 1.54) is 0 Å². The fourth-order valence-corrected chi connectivity index (χ4v) is 1.84. The molecule has 1 rings (SSSR count). The van der Waals surface area contributed by atoms with E-state index in [1.54, 1.807) is 0 Å². The molecule has 0 aromatic carbocycles. The largest absolute Gasteiger partial charge is 0.353 e. The maximum atomic E-state index is 12.1. The monoisotopic (exact) mass is 237 g/mol. The van der Waals surface area contributed by atoms with E-state index in [1.807, 2.05) is 27.7 Å². The second-order valence-corrected chi connectivity index (χ2v) is 5.11. The van der Waals surface area contributed by atoms with Gasteiger partial charge in [-0.05, 0) is 33.6 Å². The minimum absolute atomic E-state index is 0.0683. The van der Waals surface area contributed by atoms with E-state index >= 15 is 0 Å². The average molecular weight is 237 g/mol. The molecule has 1 heterocycles. The minimum atomic E-state index is -0.157. The van der Waals surface area contributed by atoms with Gasteiger partial charge in [-0.3, -0.25) is 9.89 Å². The van der Waals surface area contributed by atoms with Gasteiger partial charge in [0.1, 0.15) is 0 Å². The third-order valence-corrected chi connectivity index (χ3v) is 3.38. The van der Waals surface area contributed by atoms with Crippen molar-refractivity contribution < 1.29 is 4.79 Å². The summed E-state index contributed by atoms with van der Waals surface area (Å²) in [7, 11) is 0. The molecule has 0 aliphatic carbocycles. The van der Waals surface area contributed by atoms with Crippen molar-refractivity contribution in [1.82, 2.24) is 15.5 Å². The van der Waals surface area contributed by atoms with Crippen LogP contribution < -0.4 is 5.32 Å². The topological polar surface area (TPSA) is 57.8 Å². The number of aryl methyl sites for hydroxylation is 2. The number of nitrogens with zero attached hydrogens (tertiary/aromatic N) is 1. The van der Waals surface area contributed by atoms with Crippen molar-refractivity contribution in [3.8, 4) is 0 Å². The predicted octanol–water partition coefficient (Wildman–Crippen LogP) is 2.29. The highest BCUT2D eigenvalue weighted by molar-refractivity contribution is 5.84. The highest BCUT2D eigenvalue weighted by Gasteiger charge is 2.22. The molecule has 1 aromatic heterocycles. The van der Waals surface area contributed by atoms with Gasteiger partial charge in [0, 0.05) is 17.3 Å². The molecular formula is C13H23N3O. The molecule has 0 aliphatic heterocycles. The van der Waals surface area contributed by atoms with E-state index in [0.29, 0.717) is 5.92 Å². The van der Waals surface area contributed by atoms with Crippen LogP contribution in [0, 0.1) is 19.8 Å². The number of hydrogen-bond acceptors (Lipinski definition) is 2. The van der Waals surface area contributed by atoms with Crippen molar-refractivity contribution in [3.63, 3.8) is 0 Å². The fraction of sp³-hybridized carbons (Fsp3) is 0.692. The summed E-state index contributed by atoms with van der Waals surface area (Å²) in [6.45, 7) is 12.0. The zero-order valence-electron chi connectivity index (χ0n) is 11.6. The molecule has 0 fully saturated rings. The molecule has 2 N–H and O–H groups in total. The molecule has 4 heteroatoms. The Hall–Kier alpha value is -1.32. The molecule has 17 heavy (non-hydrogen) atoms. The average Bonchev–Trinajstić information content (AvgIpc) is 2.57. The van der Waals surface area contributed by atoms with Gasteiger partial charge < -0.3 is 5.32 Å². The Morgan fingerprint density at radius 2 is 1.82 bits per heavy atom. The van der Waals surface area contributed by atoms with Crippen LogP contribution in [0.15, 0.2) is 0 Å². The van der Waals surface area contributed by atoms with Gasteiger partial charge in [-0.15, -0.1) is 0 Å². The number of nitrogens with one attached hydrogen (secondary N) is 2. The minimum Gasteiger partial charge on any atom is -0.353 e. The number of rotatable bonds is 4. The van der Waals surface area contributed by atoms with Crippen LogP contribution in [0.4, 0.5) is 0 Å². The second-order valence-electron chi connectivity index (χ2n) is 5.11. The van der Waals surface area contributed by atoms with Gasteiger partial charge >= 0.3 is 0 Å². The van der Waals surface area contributed by atoms with E-state index in [2.05, 4.69) is 29.4 Å². The SMILES string of the molecule is Cc1n[nH]c(C)c1[C@H](C)C(=O)N[C@H](C)C(C)C. The molecule has 1 aromatic rings. The zero-order valence-corrected chi connectivity index (χ0v) is 11.6. The Morgan fingerprint density at radius 3 is 2.24 bits per heavy atom. The number of carbonyl (C=O) groups is 1. The number of aromatic nitrogens is 2.